The van der Waals surface area contributed by atoms with Crippen LogP contribution in [0.1, 0.15) is 77.7 Å². The summed E-state index contributed by atoms with van der Waals surface area (Å²) in [5, 5.41) is 10.0. The van der Waals surface area contributed by atoms with Gasteiger partial charge in [0.1, 0.15) is 5.78 Å². The number of alkyl halides is 1. The number of aliphatic hydroxyl groups is 1. The molecule has 3 fully saturated rings. The van der Waals surface area contributed by atoms with Crippen LogP contribution in [0.5, 0.6) is 0 Å². The Morgan fingerprint density at radius 2 is 1.77 bits per heavy atom. The third-order valence-corrected chi connectivity index (χ3v) is 10.5. The molecule has 0 spiro atoms. The molecule has 0 radical (unpaired) electrons. The second-order valence-corrected chi connectivity index (χ2v) is 11.6. The standard InChI is InChI=1S/C28H37FO2/c1-19(30)27(17-20-7-5-4-6-8-20)14-12-24-22-10-9-21-18-28(29,31)16-15-25(21,2)23(22)11-13-26(24,27)3/h4-9,22-24,31H,10-18H2,1-3H3/t22-,23+,24+,25+,26+,27+,28-/m1/s1. The van der Waals surface area contributed by atoms with E-state index in [1.54, 1.807) is 0 Å². The van der Waals surface area contributed by atoms with Crippen molar-refractivity contribution in [2.75, 3.05) is 0 Å². The van der Waals surface area contributed by atoms with Crippen molar-refractivity contribution in [2.45, 2.75) is 84.4 Å². The number of allylic oxidation sites excluding steroid dienone is 1. The number of carbonyl (C=O) groups excluding carboxylic acids is 1. The summed E-state index contributed by atoms with van der Waals surface area (Å²) in [6, 6.07) is 10.5. The molecule has 0 amide bonds. The lowest BCUT2D eigenvalue weighted by atomic mass is 9.45. The molecular formula is C28H37FO2. The van der Waals surface area contributed by atoms with Crippen LogP contribution in [0.4, 0.5) is 4.39 Å². The Morgan fingerprint density at radius 3 is 2.48 bits per heavy atom. The quantitative estimate of drug-likeness (QED) is 0.568. The first-order chi connectivity index (χ1) is 14.6. The van der Waals surface area contributed by atoms with E-state index in [0.29, 0.717) is 23.5 Å². The summed E-state index contributed by atoms with van der Waals surface area (Å²) in [5.41, 5.74) is 2.17. The van der Waals surface area contributed by atoms with Gasteiger partial charge in [-0.05, 0) is 86.0 Å². The normalized spacial score (nSPS) is 46.5. The molecule has 1 aromatic carbocycles. The fourth-order valence-corrected chi connectivity index (χ4v) is 8.68. The van der Waals surface area contributed by atoms with Crippen molar-refractivity contribution in [1.29, 1.82) is 0 Å². The lowest BCUT2D eigenvalue weighted by Crippen LogP contribution is -2.55. The highest BCUT2D eigenvalue weighted by Crippen LogP contribution is 2.70. The molecule has 168 valence electrons. The Bertz CT molecular complexity index is 905. The van der Waals surface area contributed by atoms with Crippen LogP contribution in [-0.2, 0) is 11.2 Å². The first-order valence-corrected chi connectivity index (χ1v) is 12.3. The maximum atomic E-state index is 14.4. The third kappa shape index (κ3) is 3.02. The molecule has 1 aromatic rings. The van der Waals surface area contributed by atoms with Crippen LogP contribution in [-0.4, -0.2) is 16.7 Å². The molecular weight excluding hydrogens is 387 g/mol. The molecule has 4 aliphatic rings. The van der Waals surface area contributed by atoms with Gasteiger partial charge in [-0.3, -0.25) is 4.79 Å². The molecule has 31 heavy (non-hydrogen) atoms. The molecule has 4 aliphatic carbocycles. The summed E-state index contributed by atoms with van der Waals surface area (Å²) in [4.78, 5) is 13.3. The lowest BCUT2D eigenvalue weighted by Gasteiger charge is -2.60. The molecule has 0 unspecified atom stereocenters. The van der Waals surface area contributed by atoms with E-state index in [9.17, 15) is 14.3 Å². The van der Waals surface area contributed by atoms with Gasteiger partial charge in [0.05, 0.1) is 0 Å². The highest BCUT2D eigenvalue weighted by Gasteiger charge is 2.65. The Balaban J connectivity index is 1.49. The Hall–Kier alpha value is -1.48. The highest BCUT2D eigenvalue weighted by molar-refractivity contribution is 5.84. The molecule has 2 nitrogen and oxygen atoms in total. The van der Waals surface area contributed by atoms with Gasteiger partial charge in [0, 0.05) is 18.3 Å². The van der Waals surface area contributed by atoms with Crippen LogP contribution in [0.3, 0.4) is 0 Å². The number of Topliss-reactive ketones (excluding diaryl/α,β-unsaturated/α-hetero) is 1. The maximum absolute atomic E-state index is 14.4. The monoisotopic (exact) mass is 424 g/mol. The largest absolute Gasteiger partial charge is 0.361 e. The van der Waals surface area contributed by atoms with Gasteiger partial charge in [-0.25, -0.2) is 4.39 Å². The van der Waals surface area contributed by atoms with Gasteiger partial charge >= 0.3 is 0 Å². The summed E-state index contributed by atoms with van der Waals surface area (Å²) in [6.07, 6.45) is 9.55. The number of hydrogen-bond acceptors (Lipinski definition) is 2. The first-order valence-electron chi connectivity index (χ1n) is 12.3. The minimum Gasteiger partial charge on any atom is -0.361 e. The molecule has 0 aliphatic heterocycles. The number of fused-ring (bicyclic) bond motifs is 5. The van der Waals surface area contributed by atoms with E-state index in [4.69, 9.17) is 0 Å². The molecule has 3 heteroatoms. The summed E-state index contributed by atoms with van der Waals surface area (Å²) in [6.45, 7) is 6.56. The molecule has 0 bridgehead atoms. The summed E-state index contributed by atoms with van der Waals surface area (Å²) in [5.74, 6) is -0.0249. The van der Waals surface area contributed by atoms with Crippen molar-refractivity contribution in [3.63, 3.8) is 0 Å². The van der Waals surface area contributed by atoms with Gasteiger partial charge in [-0.15, -0.1) is 0 Å². The van der Waals surface area contributed by atoms with Crippen LogP contribution >= 0.6 is 0 Å². The van der Waals surface area contributed by atoms with E-state index in [-0.39, 0.29) is 29.1 Å². The topological polar surface area (TPSA) is 37.3 Å². The SMILES string of the molecule is CC(=O)[C@@]1(Cc2ccccc2)CC[C@H]2[C@@H]3CC=C4C[C@@](O)(F)CC[C@]4(C)[C@H]3CC[C@@]21C. The first kappa shape index (κ1) is 21.4. The molecule has 3 saturated carbocycles. The second kappa shape index (κ2) is 7.01. The van der Waals surface area contributed by atoms with Crippen molar-refractivity contribution in [3.8, 4) is 0 Å². The number of rotatable bonds is 3. The zero-order valence-electron chi connectivity index (χ0n) is 19.3. The predicted molar refractivity (Wildman–Crippen MR) is 121 cm³/mol. The molecule has 0 aromatic heterocycles. The van der Waals surface area contributed by atoms with Crippen LogP contribution in [0, 0.1) is 34.0 Å². The number of hydrogen-bond donors (Lipinski definition) is 1. The van der Waals surface area contributed by atoms with Crippen molar-refractivity contribution < 1.29 is 14.3 Å². The number of ketones is 1. The molecule has 0 heterocycles. The minimum absolute atomic E-state index is 0.00344. The van der Waals surface area contributed by atoms with Crippen LogP contribution < -0.4 is 0 Å². The Kier molecular flexibility index (Phi) is 4.83. The van der Waals surface area contributed by atoms with Gasteiger partial charge < -0.3 is 5.11 Å². The van der Waals surface area contributed by atoms with E-state index in [2.05, 4.69) is 44.2 Å². The van der Waals surface area contributed by atoms with Gasteiger partial charge in [-0.2, -0.15) is 0 Å². The fourth-order valence-electron chi connectivity index (χ4n) is 8.68. The molecule has 5 rings (SSSR count). The average Bonchev–Trinajstić information content (AvgIpc) is 3.03. The summed E-state index contributed by atoms with van der Waals surface area (Å²) >= 11 is 0. The van der Waals surface area contributed by atoms with Gasteiger partial charge in [0.15, 0.2) is 0 Å². The Morgan fingerprint density at radius 1 is 1.06 bits per heavy atom. The van der Waals surface area contributed by atoms with Crippen LogP contribution in [0.2, 0.25) is 0 Å². The summed E-state index contributed by atoms with van der Waals surface area (Å²) in [7, 11) is 0. The van der Waals surface area contributed by atoms with E-state index in [1.807, 2.05) is 13.0 Å². The average molecular weight is 425 g/mol. The van der Waals surface area contributed by atoms with Gasteiger partial charge in [0.25, 0.3) is 0 Å². The maximum Gasteiger partial charge on any atom is 0.210 e. The van der Waals surface area contributed by atoms with Crippen LogP contribution in [0.15, 0.2) is 42.0 Å². The smallest absolute Gasteiger partial charge is 0.210 e. The van der Waals surface area contributed by atoms with Crippen molar-refractivity contribution >= 4 is 5.78 Å². The van der Waals surface area contributed by atoms with Gasteiger partial charge in [-0.1, -0.05) is 55.8 Å². The van der Waals surface area contributed by atoms with Crippen molar-refractivity contribution in [3.05, 3.63) is 47.5 Å². The summed E-state index contributed by atoms with van der Waals surface area (Å²) < 4.78 is 14.4. The fraction of sp³-hybridized carbons (Fsp3) is 0.679. The zero-order chi connectivity index (χ0) is 22.1. The number of carbonyl (C=O) groups is 1. The molecule has 1 N–H and O–H groups in total. The van der Waals surface area contributed by atoms with Crippen LogP contribution in [0.25, 0.3) is 0 Å². The van der Waals surface area contributed by atoms with Gasteiger partial charge in [0.2, 0.25) is 5.85 Å². The number of benzene rings is 1. The van der Waals surface area contributed by atoms with E-state index < -0.39 is 5.85 Å². The lowest BCUT2D eigenvalue weighted by molar-refractivity contribution is -0.147. The van der Waals surface area contributed by atoms with Crippen molar-refractivity contribution in [1.82, 2.24) is 0 Å². The van der Waals surface area contributed by atoms with Crippen molar-refractivity contribution in [2.24, 2.45) is 34.0 Å². The van der Waals surface area contributed by atoms with E-state index >= 15 is 0 Å². The second-order valence-electron chi connectivity index (χ2n) is 11.6. The van der Waals surface area contributed by atoms with E-state index in [1.165, 1.54) is 5.56 Å². The Labute approximate surface area is 186 Å². The molecule has 7 atom stereocenters. The third-order valence-electron chi connectivity index (χ3n) is 10.5. The highest BCUT2D eigenvalue weighted by atomic mass is 19.2. The number of halogens is 1. The molecule has 0 saturated heterocycles. The zero-order valence-corrected chi connectivity index (χ0v) is 19.3. The minimum atomic E-state index is -2.03. The van der Waals surface area contributed by atoms with E-state index in [0.717, 1.165) is 50.5 Å². The predicted octanol–water partition coefficient (Wildman–Crippen LogP) is 6.43.